The zero-order chi connectivity index (χ0) is 48.5. The van der Waals surface area contributed by atoms with Gasteiger partial charge in [0, 0.05) is 28.2 Å². The summed E-state index contributed by atoms with van der Waals surface area (Å²) in [6, 6.07) is 17.3. The quantitative estimate of drug-likeness (QED) is 0.0194. The number of nitrogens with zero attached hydrogens (tertiary/aromatic N) is 2. The predicted octanol–water partition coefficient (Wildman–Crippen LogP) is 19.9. The summed E-state index contributed by atoms with van der Waals surface area (Å²) in [5.74, 6) is 0. The van der Waals surface area contributed by atoms with E-state index in [4.69, 9.17) is 0 Å². The number of aryl methyl sites for hydroxylation is 1. The molecule has 0 saturated carbocycles. The van der Waals surface area contributed by atoms with Gasteiger partial charge in [-0.15, -0.1) is 0 Å². The number of aromatic nitrogens is 1. The Hall–Kier alpha value is -1.90. The van der Waals surface area contributed by atoms with Gasteiger partial charge < -0.3 is 14.4 Å². The van der Waals surface area contributed by atoms with Crippen molar-refractivity contribution in [2.45, 2.75) is 284 Å². The molecular weight excluding hydrogens is 845 g/mol. The number of hydrogen-bond donors (Lipinski definition) is 2. The van der Waals surface area contributed by atoms with Gasteiger partial charge in [-0.2, -0.15) is 4.57 Å². The summed E-state index contributed by atoms with van der Waals surface area (Å²) in [6.45, 7) is 24.2. The molecule has 2 aromatic carbocycles. The second-order valence-corrected chi connectivity index (χ2v) is 32.3. The summed E-state index contributed by atoms with van der Waals surface area (Å²) in [7, 11) is -0.747. The summed E-state index contributed by atoms with van der Waals surface area (Å²) in [4.78, 5) is 8.25. The second-order valence-electron chi connectivity index (χ2n) is 23.3. The highest BCUT2D eigenvalue weighted by Crippen LogP contribution is 2.30. The molecule has 384 valence electrons. The molecule has 67 heavy (non-hydrogen) atoms. The van der Waals surface area contributed by atoms with Crippen LogP contribution in [0.5, 0.6) is 0 Å². The zero-order valence-electron chi connectivity index (χ0n) is 46.5. The van der Waals surface area contributed by atoms with Crippen molar-refractivity contribution in [3.8, 4) is 0 Å². The number of benzene rings is 2. The molecule has 0 spiro atoms. The maximum Gasteiger partial charge on any atom is 0.215 e. The SMILES string of the molecule is CCCCCCCCCCCCCCCCCC[Si](C)(C)Nc1ccc2c(c1)c[n+](CCC[N+](C)(CC)CC)c1cc(N[Si](C)(C)CCCCCCCCCCCCCCCCCC)ccc21. The fourth-order valence-corrected chi connectivity index (χ4v) is 15.2. The van der Waals surface area contributed by atoms with Gasteiger partial charge in [0.2, 0.25) is 5.52 Å². The van der Waals surface area contributed by atoms with Gasteiger partial charge in [-0.05, 0) is 50.2 Å². The van der Waals surface area contributed by atoms with Crippen molar-refractivity contribution in [3.05, 3.63) is 42.6 Å². The molecule has 0 amide bonds. The molecule has 1 aromatic heterocycles. The minimum absolute atomic E-state index is 1.06. The van der Waals surface area contributed by atoms with Crippen molar-refractivity contribution in [1.29, 1.82) is 0 Å². The Labute approximate surface area is 420 Å². The predicted molar refractivity (Wildman–Crippen MR) is 309 cm³/mol. The molecule has 0 aliphatic rings. The maximum atomic E-state index is 4.14. The lowest BCUT2D eigenvalue weighted by Gasteiger charge is -2.31. The number of anilines is 2. The van der Waals surface area contributed by atoms with Gasteiger partial charge in [0.05, 0.1) is 38.5 Å². The Morgan fingerprint density at radius 2 is 0.761 bits per heavy atom. The fourth-order valence-electron chi connectivity index (χ4n) is 10.8. The minimum atomic E-state index is -1.60. The van der Waals surface area contributed by atoms with Crippen LogP contribution in [0.2, 0.25) is 38.3 Å². The first-order chi connectivity index (χ1) is 32.4. The summed E-state index contributed by atoms with van der Waals surface area (Å²) >= 11 is 0. The molecule has 6 heteroatoms. The van der Waals surface area contributed by atoms with Gasteiger partial charge in [0.25, 0.3) is 0 Å². The van der Waals surface area contributed by atoms with Crippen molar-refractivity contribution in [2.75, 3.05) is 36.6 Å². The van der Waals surface area contributed by atoms with Crippen molar-refractivity contribution in [3.63, 3.8) is 0 Å². The van der Waals surface area contributed by atoms with E-state index in [1.165, 1.54) is 277 Å². The average Bonchev–Trinajstić information content (AvgIpc) is 3.30. The van der Waals surface area contributed by atoms with E-state index >= 15 is 0 Å². The molecule has 3 rings (SSSR count). The van der Waals surface area contributed by atoms with E-state index in [2.05, 4.69) is 118 Å². The van der Waals surface area contributed by atoms with E-state index in [1.54, 1.807) is 0 Å². The molecule has 1 heterocycles. The number of unbranched alkanes of at least 4 members (excludes halogenated alkanes) is 30. The first-order valence-corrected chi connectivity index (χ1v) is 36.2. The largest absolute Gasteiger partial charge is 0.411 e. The third-order valence-corrected chi connectivity index (χ3v) is 21.0. The molecule has 0 unspecified atom stereocenters. The van der Waals surface area contributed by atoms with Crippen molar-refractivity contribution >= 4 is 49.5 Å². The monoisotopic (exact) mass is 959 g/mol. The first-order valence-electron chi connectivity index (χ1n) is 29.7. The number of fused-ring (bicyclic) bond motifs is 3. The Kier molecular flexibility index (Phi) is 31.3. The number of hydrogen-bond acceptors (Lipinski definition) is 2. The third-order valence-electron chi connectivity index (χ3n) is 15.8. The molecule has 3 aromatic rings. The smallest absolute Gasteiger partial charge is 0.215 e. The van der Waals surface area contributed by atoms with E-state index in [-0.39, 0.29) is 0 Å². The minimum Gasteiger partial charge on any atom is -0.411 e. The summed E-state index contributed by atoms with van der Waals surface area (Å²) in [5, 5.41) is 4.14. The van der Waals surface area contributed by atoms with Crippen LogP contribution in [0.4, 0.5) is 11.4 Å². The summed E-state index contributed by atoms with van der Waals surface area (Å²) in [5.41, 5.74) is 4.01. The number of quaternary nitrogens is 1. The van der Waals surface area contributed by atoms with Gasteiger partial charge in [0.1, 0.15) is 16.5 Å². The van der Waals surface area contributed by atoms with Crippen LogP contribution in [-0.2, 0) is 6.54 Å². The summed E-state index contributed by atoms with van der Waals surface area (Å²) in [6.07, 6.45) is 49.6. The molecule has 2 N–H and O–H groups in total. The molecule has 0 saturated heterocycles. The zero-order valence-corrected chi connectivity index (χ0v) is 48.5. The van der Waals surface area contributed by atoms with E-state index < -0.39 is 16.5 Å². The fraction of sp³-hybridized carbons (Fsp3) is 0.787. The molecule has 0 fully saturated rings. The van der Waals surface area contributed by atoms with Crippen molar-refractivity contribution in [1.82, 2.24) is 0 Å². The molecule has 0 atom stereocenters. The van der Waals surface area contributed by atoms with Gasteiger partial charge >= 0.3 is 0 Å². The topological polar surface area (TPSA) is 27.9 Å². The van der Waals surface area contributed by atoms with Crippen LogP contribution < -0.4 is 14.5 Å². The van der Waals surface area contributed by atoms with Gasteiger partial charge in [-0.1, -0.05) is 252 Å². The second kappa shape index (κ2) is 35.2. The van der Waals surface area contributed by atoms with Crippen molar-refractivity contribution < 1.29 is 9.05 Å². The third kappa shape index (κ3) is 26.2. The van der Waals surface area contributed by atoms with Crippen molar-refractivity contribution in [2.24, 2.45) is 0 Å². The van der Waals surface area contributed by atoms with Crippen LogP contribution in [0.25, 0.3) is 21.7 Å². The van der Waals surface area contributed by atoms with E-state index in [0.717, 1.165) is 11.0 Å². The molecule has 0 radical (unpaired) electrons. The normalized spacial score (nSPS) is 12.5. The Morgan fingerprint density at radius 3 is 1.13 bits per heavy atom. The van der Waals surface area contributed by atoms with Crippen LogP contribution in [0.3, 0.4) is 0 Å². The molecule has 0 bridgehead atoms. The molecule has 0 aliphatic carbocycles. The Bertz CT molecular complexity index is 1680. The standard InChI is InChI=1S/C61H113N4Si2/c1-10-14-16-18-20-22-24-26-28-30-32-34-36-38-40-42-51-66(6,7)62-57-45-47-59-56(53-57)55-64(49-44-50-65(5,12-3)13-4)61-54-58(46-48-60(59)61)63-67(8,9)52-43-41-39-37-35-33-31-29-27-25-23-21-19-17-15-11-2/h45-48,53-55,62H,10-44,49-52H2,1-9H3/q+1/p+1. The number of nitrogens with one attached hydrogen (secondary N) is 2. The number of rotatable bonds is 44. The highest BCUT2D eigenvalue weighted by Gasteiger charge is 2.24. The van der Waals surface area contributed by atoms with Crippen LogP contribution in [0.1, 0.15) is 240 Å². The Balaban J connectivity index is 1.48. The Morgan fingerprint density at radius 1 is 0.418 bits per heavy atom. The molecule has 0 aliphatic heterocycles. The van der Waals surface area contributed by atoms with Crippen LogP contribution in [0, 0.1) is 0 Å². The highest BCUT2D eigenvalue weighted by atomic mass is 28.3. The van der Waals surface area contributed by atoms with Crippen LogP contribution in [0.15, 0.2) is 42.6 Å². The van der Waals surface area contributed by atoms with E-state index in [9.17, 15) is 0 Å². The highest BCUT2D eigenvalue weighted by molar-refractivity contribution is 6.80. The lowest BCUT2D eigenvalue weighted by molar-refractivity contribution is -0.908. The van der Waals surface area contributed by atoms with Crippen LogP contribution in [-0.4, -0.2) is 47.6 Å². The van der Waals surface area contributed by atoms with Gasteiger partial charge in [0.15, 0.2) is 12.7 Å². The maximum absolute atomic E-state index is 4.14. The summed E-state index contributed by atoms with van der Waals surface area (Å²) < 4.78 is 3.75. The van der Waals surface area contributed by atoms with E-state index in [0.29, 0.717) is 0 Å². The van der Waals surface area contributed by atoms with E-state index in [1.807, 2.05) is 0 Å². The lowest BCUT2D eigenvalue weighted by atomic mass is 10.0. The molecule has 4 nitrogen and oxygen atoms in total. The number of pyridine rings is 1. The van der Waals surface area contributed by atoms with Gasteiger partial charge in [-0.25, -0.2) is 0 Å². The average molecular weight is 960 g/mol. The van der Waals surface area contributed by atoms with Gasteiger partial charge in [-0.3, -0.25) is 0 Å². The molecular formula is C61H114N4Si2+2. The first kappa shape index (κ1) is 59.4. The van der Waals surface area contributed by atoms with Crippen LogP contribution >= 0.6 is 0 Å². The lowest BCUT2D eigenvalue weighted by Crippen LogP contribution is -2.46.